The van der Waals surface area contributed by atoms with Gasteiger partial charge in [0.1, 0.15) is 5.75 Å². The summed E-state index contributed by atoms with van der Waals surface area (Å²) in [6, 6.07) is 5.99. The minimum atomic E-state index is -0.149. The normalized spacial score (nSPS) is 15.8. The average Bonchev–Trinajstić information content (AvgIpc) is 3.00. The van der Waals surface area contributed by atoms with E-state index in [4.69, 9.17) is 9.72 Å². The van der Waals surface area contributed by atoms with Crippen molar-refractivity contribution in [3.63, 3.8) is 0 Å². The highest BCUT2D eigenvalue weighted by Gasteiger charge is 2.14. The third kappa shape index (κ3) is 6.62. The van der Waals surface area contributed by atoms with Crippen LogP contribution in [-0.4, -0.2) is 17.5 Å². The molecule has 0 spiro atoms. The molecule has 28 heavy (non-hydrogen) atoms. The van der Waals surface area contributed by atoms with Crippen LogP contribution in [0.4, 0.5) is 5.13 Å². The van der Waals surface area contributed by atoms with E-state index in [2.05, 4.69) is 11.4 Å². The van der Waals surface area contributed by atoms with E-state index in [1.807, 2.05) is 26.0 Å². The van der Waals surface area contributed by atoms with Crippen LogP contribution < -0.4 is 10.1 Å². The second-order valence-corrected chi connectivity index (χ2v) is 8.96. The number of carbonyl (C=O) groups is 1. The van der Waals surface area contributed by atoms with E-state index in [1.54, 1.807) is 11.3 Å². The minimum absolute atomic E-state index is 0.00708. The van der Waals surface area contributed by atoms with E-state index in [0.29, 0.717) is 5.13 Å². The first-order valence-electron chi connectivity index (χ1n) is 10.6. The number of rotatable bonds is 4. The lowest BCUT2D eigenvalue weighted by molar-refractivity contribution is -0.118. The summed E-state index contributed by atoms with van der Waals surface area (Å²) < 4.78 is 5.67. The molecule has 1 aromatic carbocycles. The Balaban J connectivity index is 1.57. The summed E-state index contributed by atoms with van der Waals surface area (Å²) in [5.74, 6) is 0.586. The van der Waals surface area contributed by atoms with Gasteiger partial charge in [-0.25, -0.2) is 4.98 Å². The second kappa shape index (κ2) is 10.6. The zero-order valence-corrected chi connectivity index (χ0v) is 18.0. The lowest BCUT2D eigenvalue weighted by Gasteiger charge is -2.07. The van der Waals surface area contributed by atoms with Gasteiger partial charge in [-0.3, -0.25) is 10.1 Å². The third-order valence-corrected chi connectivity index (χ3v) is 6.23. The van der Waals surface area contributed by atoms with Crippen molar-refractivity contribution < 1.29 is 9.53 Å². The molecule has 0 fully saturated rings. The molecular weight excluding hydrogens is 368 g/mol. The van der Waals surface area contributed by atoms with E-state index >= 15 is 0 Å². The number of nitrogens with one attached hydrogen (secondary N) is 1. The van der Waals surface area contributed by atoms with Gasteiger partial charge in [0.05, 0.1) is 5.69 Å². The van der Waals surface area contributed by atoms with Crippen LogP contribution in [0.15, 0.2) is 18.2 Å². The highest BCUT2D eigenvalue weighted by Crippen LogP contribution is 2.27. The molecule has 1 N–H and O–H groups in total. The van der Waals surface area contributed by atoms with Crippen LogP contribution in [0, 0.1) is 13.8 Å². The first kappa shape index (κ1) is 20.8. The van der Waals surface area contributed by atoms with Gasteiger partial charge >= 0.3 is 0 Å². The number of hydrogen-bond donors (Lipinski definition) is 1. The minimum Gasteiger partial charge on any atom is -0.484 e. The summed E-state index contributed by atoms with van der Waals surface area (Å²) in [7, 11) is 0. The predicted molar refractivity (Wildman–Crippen MR) is 116 cm³/mol. The molecule has 0 radical (unpaired) electrons. The molecule has 4 nitrogen and oxygen atoms in total. The van der Waals surface area contributed by atoms with Crippen molar-refractivity contribution in [2.45, 2.75) is 78.1 Å². The molecule has 0 saturated carbocycles. The van der Waals surface area contributed by atoms with Gasteiger partial charge in [-0.15, -0.1) is 11.3 Å². The molecule has 1 aliphatic carbocycles. The highest BCUT2D eigenvalue weighted by atomic mass is 32.1. The van der Waals surface area contributed by atoms with Crippen LogP contribution >= 0.6 is 11.3 Å². The standard InChI is InChI=1S/C23H32N2O2S/c1-17-13-18(2)15-19(14-17)27-16-22(26)25-23-24-20-11-9-7-5-3-4-6-8-10-12-21(20)28-23/h13-15H,3-12,16H2,1-2H3,(H,24,25,26). The molecule has 0 unspecified atom stereocenters. The van der Waals surface area contributed by atoms with E-state index < -0.39 is 0 Å². The van der Waals surface area contributed by atoms with Crippen molar-refractivity contribution in [3.8, 4) is 5.75 Å². The van der Waals surface area contributed by atoms with Gasteiger partial charge in [0.25, 0.3) is 5.91 Å². The molecule has 5 heteroatoms. The molecule has 152 valence electrons. The predicted octanol–water partition coefficient (Wildman–Crippen LogP) is 6.00. The lowest BCUT2D eigenvalue weighted by atomic mass is 10.0. The van der Waals surface area contributed by atoms with Crippen LogP contribution in [-0.2, 0) is 17.6 Å². The largest absolute Gasteiger partial charge is 0.484 e. The highest BCUT2D eigenvalue weighted by molar-refractivity contribution is 7.15. The molecule has 0 saturated heterocycles. The van der Waals surface area contributed by atoms with Crippen molar-refractivity contribution in [2.75, 3.05) is 11.9 Å². The number of aryl methyl sites for hydroxylation is 4. The molecule has 2 aromatic rings. The molecule has 1 heterocycles. The second-order valence-electron chi connectivity index (χ2n) is 7.88. The summed E-state index contributed by atoms with van der Waals surface area (Å²) in [6.07, 6.45) is 12.5. The smallest absolute Gasteiger partial charge is 0.264 e. The van der Waals surface area contributed by atoms with Crippen molar-refractivity contribution in [3.05, 3.63) is 39.9 Å². The molecule has 1 aromatic heterocycles. The van der Waals surface area contributed by atoms with Crippen LogP contribution in [0.2, 0.25) is 0 Å². The zero-order valence-electron chi connectivity index (χ0n) is 17.2. The van der Waals surface area contributed by atoms with Crippen molar-refractivity contribution in [1.29, 1.82) is 0 Å². The number of anilines is 1. The van der Waals surface area contributed by atoms with Crippen LogP contribution in [0.3, 0.4) is 0 Å². The maximum Gasteiger partial charge on any atom is 0.264 e. The molecule has 1 amide bonds. The Morgan fingerprint density at radius 2 is 1.57 bits per heavy atom. The van der Waals surface area contributed by atoms with E-state index in [-0.39, 0.29) is 12.5 Å². The molecule has 3 rings (SSSR count). The summed E-state index contributed by atoms with van der Waals surface area (Å²) in [4.78, 5) is 18.4. The van der Waals surface area contributed by atoms with Gasteiger partial charge in [0.15, 0.2) is 11.7 Å². The quantitative estimate of drug-likeness (QED) is 0.685. The Hall–Kier alpha value is -1.88. The van der Waals surface area contributed by atoms with Gasteiger partial charge < -0.3 is 4.74 Å². The SMILES string of the molecule is Cc1cc(C)cc(OCC(=O)Nc2nc3c(s2)CCCCCCCCCC3)c1. The number of thiazole rings is 1. The third-order valence-electron chi connectivity index (χ3n) is 5.16. The number of aromatic nitrogens is 1. The first-order valence-corrected chi connectivity index (χ1v) is 11.4. The van der Waals surface area contributed by atoms with Gasteiger partial charge in [-0.05, 0) is 62.8 Å². The Kier molecular flexibility index (Phi) is 7.90. The number of carbonyl (C=O) groups excluding carboxylic acids is 1. The number of hydrogen-bond acceptors (Lipinski definition) is 4. The molecule has 1 aliphatic rings. The lowest BCUT2D eigenvalue weighted by Crippen LogP contribution is -2.20. The fraction of sp³-hybridized carbons (Fsp3) is 0.565. The Morgan fingerprint density at radius 3 is 2.25 bits per heavy atom. The first-order chi connectivity index (χ1) is 13.6. The van der Waals surface area contributed by atoms with Gasteiger partial charge in [-0.1, -0.05) is 44.6 Å². The average molecular weight is 401 g/mol. The maximum atomic E-state index is 12.3. The fourth-order valence-corrected chi connectivity index (χ4v) is 4.85. The summed E-state index contributed by atoms with van der Waals surface area (Å²) in [5.41, 5.74) is 3.46. The van der Waals surface area contributed by atoms with E-state index in [1.165, 1.54) is 61.9 Å². The van der Waals surface area contributed by atoms with Crippen molar-refractivity contribution >= 4 is 22.4 Å². The zero-order chi connectivity index (χ0) is 19.8. The maximum absolute atomic E-state index is 12.3. The molecular formula is C23H32N2O2S. The molecule has 0 aliphatic heterocycles. The summed E-state index contributed by atoms with van der Waals surface area (Å²) >= 11 is 1.64. The van der Waals surface area contributed by atoms with Crippen LogP contribution in [0.5, 0.6) is 5.75 Å². The van der Waals surface area contributed by atoms with Crippen molar-refractivity contribution in [1.82, 2.24) is 4.98 Å². The summed E-state index contributed by atoms with van der Waals surface area (Å²) in [5, 5.41) is 3.66. The number of benzene rings is 1. The molecule has 0 bridgehead atoms. The molecule has 0 atom stereocenters. The monoisotopic (exact) mass is 400 g/mol. The number of ether oxygens (including phenoxy) is 1. The Bertz CT molecular complexity index is 735. The summed E-state index contributed by atoms with van der Waals surface area (Å²) in [6.45, 7) is 4.06. The topological polar surface area (TPSA) is 51.2 Å². The van der Waals surface area contributed by atoms with Crippen LogP contribution in [0.25, 0.3) is 0 Å². The number of amides is 1. The van der Waals surface area contributed by atoms with Gasteiger partial charge in [-0.2, -0.15) is 0 Å². The number of fused-ring (bicyclic) bond motifs is 1. The Labute approximate surface area is 172 Å². The van der Waals surface area contributed by atoms with E-state index in [0.717, 1.165) is 29.7 Å². The fourth-order valence-electron chi connectivity index (χ4n) is 3.79. The van der Waals surface area contributed by atoms with E-state index in [9.17, 15) is 4.79 Å². The number of nitrogens with zero attached hydrogens (tertiary/aromatic N) is 1. The van der Waals surface area contributed by atoms with Crippen LogP contribution in [0.1, 0.15) is 73.1 Å². The van der Waals surface area contributed by atoms with Crippen molar-refractivity contribution in [2.24, 2.45) is 0 Å². The Morgan fingerprint density at radius 1 is 0.964 bits per heavy atom. The van der Waals surface area contributed by atoms with Gasteiger partial charge in [0.2, 0.25) is 0 Å². The van der Waals surface area contributed by atoms with Gasteiger partial charge in [0, 0.05) is 4.88 Å².